The normalized spacial score (nSPS) is 10.7. The number of halogens is 2. The van der Waals surface area contributed by atoms with Crippen LogP contribution in [0.25, 0.3) is 0 Å². The van der Waals surface area contributed by atoms with Crippen molar-refractivity contribution in [1.29, 1.82) is 0 Å². The largest absolute Gasteiger partial charge is 0.476 e. The molecule has 0 saturated heterocycles. The second kappa shape index (κ2) is 5.33. The molecule has 0 aliphatic heterocycles. The lowest BCUT2D eigenvalue weighted by Crippen LogP contribution is -2.13. The molecule has 0 atom stereocenters. The third-order valence-electron chi connectivity index (χ3n) is 2.59. The number of hydrogen-bond acceptors (Lipinski definition) is 4. The van der Waals surface area contributed by atoms with Crippen LogP contribution in [0.3, 0.4) is 0 Å². The Hall–Kier alpha value is -1.99. The van der Waals surface area contributed by atoms with Gasteiger partial charge in [-0.25, -0.2) is 13.9 Å². The molecule has 2 aromatic rings. The van der Waals surface area contributed by atoms with Crippen molar-refractivity contribution < 1.29 is 14.3 Å². The van der Waals surface area contributed by atoms with Crippen LogP contribution in [0.4, 0.5) is 4.39 Å². The van der Waals surface area contributed by atoms with Gasteiger partial charge in [-0.05, 0) is 6.07 Å². The van der Waals surface area contributed by atoms with E-state index < -0.39 is 11.8 Å². The minimum absolute atomic E-state index is 0.00891. The smallest absolute Gasteiger partial charge is 0.358 e. The van der Waals surface area contributed by atoms with Crippen LogP contribution in [0.1, 0.15) is 21.7 Å². The Balaban J connectivity index is 2.39. The van der Waals surface area contributed by atoms with Crippen molar-refractivity contribution in [2.24, 2.45) is 5.73 Å². The molecule has 100 valence electrons. The highest BCUT2D eigenvalue weighted by molar-refractivity contribution is 6.30. The van der Waals surface area contributed by atoms with Crippen LogP contribution in [0, 0.1) is 5.82 Å². The van der Waals surface area contributed by atoms with Gasteiger partial charge in [0.25, 0.3) is 0 Å². The van der Waals surface area contributed by atoms with E-state index in [0.29, 0.717) is 0 Å². The van der Waals surface area contributed by atoms with Crippen LogP contribution in [-0.4, -0.2) is 26.1 Å². The van der Waals surface area contributed by atoms with Gasteiger partial charge in [0.2, 0.25) is 0 Å². The van der Waals surface area contributed by atoms with Crippen molar-refractivity contribution in [3.8, 4) is 0 Å². The maximum Gasteiger partial charge on any atom is 0.358 e. The molecule has 0 amide bonds. The highest BCUT2D eigenvalue weighted by Crippen LogP contribution is 2.19. The third kappa shape index (κ3) is 2.56. The Morgan fingerprint density at radius 3 is 2.89 bits per heavy atom. The Kier molecular flexibility index (Phi) is 3.77. The molecule has 1 heterocycles. The second-order valence-corrected chi connectivity index (χ2v) is 4.17. The van der Waals surface area contributed by atoms with Gasteiger partial charge in [0, 0.05) is 12.1 Å². The van der Waals surface area contributed by atoms with Crippen molar-refractivity contribution in [2.45, 2.75) is 13.1 Å². The van der Waals surface area contributed by atoms with Crippen molar-refractivity contribution >= 4 is 17.6 Å². The first kappa shape index (κ1) is 13.4. The summed E-state index contributed by atoms with van der Waals surface area (Å²) >= 11 is 5.67. The monoisotopic (exact) mass is 284 g/mol. The maximum atomic E-state index is 13.7. The number of rotatable bonds is 4. The molecule has 1 aromatic carbocycles. The lowest BCUT2D eigenvalue weighted by molar-refractivity contribution is 0.0689. The van der Waals surface area contributed by atoms with Gasteiger partial charge in [-0.15, -0.1) is 5.10 Å². The molecule has 2 rings (SSSR count). The van der Waals surface area contributed by atoms with Gasteiger partial charge in [-0.3, -0.25) is 0 Å². The molecular weight excluding hydrogens is 275 g/mol. The summed E-state index contributed by atoms with van der Waals surface area (Å²) in [6.45, 7) is -0.0456. The van der Waals surface area contributed by atoms with Crippen LogP contribution >= 0.6 is 11.6 Å². The number of benzene rings is 1. The van der Waals surface area contributed by atoms with E-state index in [9.17, 15) is 9.18 Å². The first-order valence-electron chi connectivity index (χ1n) is 5.33. The summed E-state index contributed by atoms with van der Waals surface area (Å²) < 4.78 is 15.0. The predicted octanol–water partition coefficient (Wildman–Crippen LogP) is 1.28. The molecule has 0 bridgehead atoms. The summed E-state index contributed by atoms with van der Waals surface area (Å²) in [5.74, 6) is -1.79. The van der Waals surface area contributed by atoms with Crippen LogP contribution in [0.15, 0.2) is 18.2 Å². The van der Waals surface area contributed by atoms with Crippen LogP contribution in [0.5, 0.6) is 0 Å². The van der Waals surface area contributed by atoms with Gasteiger partial charge >= 0.3 is 5.97 Å². The van der Waals surface area contributed by atoms with E-state index in [-0.39, 0.29) is 35.1 Å². The van der Waals surface area contributed by atoms with Gasteiger partial charge in [-0.2, -0.15) is 0 Å². The number of nitrogens with zero attached hydrogens (tertiary/aromatic N) is 3. The Morgan fingerprint density at radius 1 is 1.53 bits per heavy atom. The van der Waals surface area contributed by atoms with E-state index in [4.69, 9.17) is 22.4 Å². The van der Waals surface area contributed by atoms with E-state index in [1.807, 2.05) is 0 Å². The number of aromatic nitrogens is 3. The lowest BCUT2D eigenvalue weighted by Gasteiger charge is -2.07. The molecule has 0 unspecified atom stereocenters. The minimum atomic E-state index is -1.22. The average Bonchev–Trinajstić information content (AvgIpc) is 2.78. The summed E-state index contributed by atoms with van der Waals surface area (Å²) in [5.41, 5.74) is 5.75. The van der Waals surface area contributed by atoms with Crippen molar-refractivity contribution in [1.82, 2.24) is 15.0 Å². The topological polar surface area (TPSA) is 94.0 Å². The zero-order valence-electron chi connectivity index (χ0n) is 9.68. The van der Waals surface area contributed by atoms with E-state index in [1.54, 1.807) is 6.07 Å². The highest BCUT2D eigenvalue weighted by Gasteiger charge is 2.18. The number of carboxylic acids is 1. The van der Waals surface area contributed by atoms with Crippen molar-refractivity contribution in [2.75, 3.05) is 0 Å². The average molecular weight is 285 g/mol. The summed E-state index contributed by atoms with van der Waals surface area (Å²) in [6.07, 6.45) is 0. The molecular formula is C11H10ClFN4O2. The van der Waals surface area contributed by atoms with Gasteiger partial charge in [-0.1, -0.05) is 28.9 Å². The van der Waals surface area contributed by atoms with Crippen LogP contribution < -0.4 is 5.73 Å². The Bertz CT molecular complexity index is 629. The number of carboxylic acid groups (broad SMARTS) is 1. The highest BCUT2D eigenvalue weighted by atomic mass is 35.5. The fraction of sp³-hybridized carbons (Fsp3) is 0.182. The summed E-state index contributed by atoms with van der Waals surface area (Å²) in [6, 6.07) is 4.55. The predicted molar refractivity (Wildman–Crippen MR) is 65.4 cm³/mol. The maximum absolute atomic E-state index is 13.7. The van der Waals surface area contributed by atoms with Gasteiger partial charge < -0.3 is 10.8 Å². The zero-order valence-corrected chi connectivity index (χ0v) is 10.4. The van der Waals surface area contributed by atoms with Crippen LogP contribution in [-0.2, 0) is 13.1 Å². The fourth-order valence-corrected chi connectivity index (χ4v) is 1.85. The first-order valence-corrected chi connectivity index (χ1v) is 5.71. The van der Waals surface area contributed by atoms with Crippen molar-refractivity contribution in [3.63, 3.8) is 0 Å². The van der Waals surface area contributed by atoms with Crippen molar-refractivity contribution in [3.05, 3.63) is 46.0 Å². The Morgan fingerprint density at radius 2 is 2.26 bits per heavy atom. The number of aromatic carboxylic acids is 1. The molecule has 0 radical (unpaired) electrons. The van der Waals surface area contributed by atoms with Gasteiger partial charge in [0.05, 0.1) is 17.3 Å². The summed E-state index contributed by atoms with van der Waals surface area (Å²) in [5, 5.41) is 16.1. The molecule has 8 heteroatoms. The molecule has 0 fully saturated rings. The fourth-order valence-electron chi connectivity index (χ4n) is 1.66. The zero-order chi connectivity index (χ0) is 14.0. The molecule has 3 N–H and O–H groups in total. The number of nitrogens with two attached hydrogens (primary N) is 1. The third-order valence-corrected chi connectivity index (χ3v) is 2.88. The van der Waals surface area contributed by atoms with E-state index in [0.717, 1.165) is 0 Å². The molecule has 0 saturated carbocycles. The molecule has 0 aliphatic carbocycles. The van der Waals surface area contributed by atoms with E-state index in [1.165, 1.54) is 16.8 Å². The summed E-state index contributed by atoms with van der Waals surface area (Å²) in [7, 11) is 0. The summed E-state index contributed by atoms with van der Waals surface area (Å²) in [4.78, 5) is 10.9. The minimum Gasteiger partial charge on any atom is -0.476 e. The molecule has 6 nitrogen and oxygen atoms in total. The quantitative estimate of drug-likeness (QED) is 0.882. The van der Waals surface area contributed by atoms with Gasteiger partial charge in [0.1, 0.15) is 5.82 Å². The first-order chi connectivity index (χ1) is 9.04. The van der Waals surface area contributed by atoms with Crippen LogP contribution in [0.2, 0.25) is 5.02 Å². The second-order valence-electron chi connectivity index (χ2n) is 3.76. The standard InChI is InChI=1S/C11H10ClFN4O2/c12-7-3-1-2-6(9(7)13)5-17-8(4-14)10(11(18)19)15-16-17/h1-3H,4-5,14H2,(H,18,19). The molecule has 0 aliphatic rings. The molecule has 1 aromatic heterocycles. The SMILES string of the molecule is NCc1c(C(=O)O)nnn1Cc1cccc(Cl)c1F. The number of carbonyl (C=O) groups is 1. The lowest BCUT2D eigenvalue weighted by atomic mass is 10.2. The van der Waals surface area contributed by atoms with Gasteiger partial charge in [0.15, 0.2) is 5.69 Å². The molecule has 0 spiro atoms. The Labute approximate surface area is 112 Å². The van der Waals surface area contributed by atoms with E-state index in [2.05, 4.69) is 10.3 Å². The number of hydrogen-bond donors (Lipinski definition) is 2. The van der Waals surface area contributed by atoms with E-state index >= 15 is 0 Å². The molecule has 19 heavy (non-hydrogen) atoms.